The average Bonchev–Trinajstić information content (AvgIpc) is 2.54. The molecular formula is C13H14N2O2. The molecule has 0 saturated heterocycles. The molecule has 0 amide bonds. The summed E-state index contributed by atoms with van der Waals surface area (Å²) in [6, 6.07) is 5.81. The second kappa shape index (κ2) is 4.05. The summed E-state index contributed by atoms with van der Waals surface area (Å²) < 4.78 is 1.41. The molecule has 4 heteroatoms. The minimum atomic E-state index is -0.301. The Morgan fingerprint density at radius 2 is 1.94 bits per heavy atom. The number of rotatable bonds is 2. The molecule has 88 valence electrons. The molecule has 0 bridgehead atoms. The van der Waals surface area contributed by atoms with E-state index in [0.717, 1.165) is 16.8 Å². The van der Waals surface area contributed by atoms with Crippen molar-refractivity contribution in [1.29, 1.82) is 0 Å². The van der Waals surface area contributed by atoms with Crippen LogP contribution in [-0.2, 0) is 0 Å². The highest BCUT2D eigenvalue weighted by Crippen LogP contribution is 2.14. The number of aromatic amines is 1. The lowest BCUT2D eigenvalue weighted by Gasteiger charge is -2.06. The highest BCUT2D eigenvalue weighted by molar-refractivity contribution is 5.76. The molecule has 0 aliphatic carbocycles. The van der Waals surface area contributed by atoms with Crippen LogP contribution in [0.2, 0.25) is 0 Å². The van der Waals surface area contributed by atoms with E-state index in [2.05, 4.69) is 5.10 Å². The number of carbonyl (C=O) groups is 1. The van der Waals surface area contributed by atoms with Gasteiger partial charge in [-0.3, -0.25) is 14.7 Å². The molecule has 0 atom stereocenters. The normalized spacial score (nSPS) is 10.5. The van der Waals surface area contributed by atoms with Gasteiger partial charge >= 0.3 is 0 Å². The molecule has 2 rings (SSSR count). The predicted octanol–water partition coefficient (Wildman–Crippen LogP) is 1.90. The lowest BCUT2D eigenvalue weighted by molar-refractivity contribution is 0.112. The van der Waals surface area contributed by atoms with Crippen molar-refractivity contribution in [3.05, 3.63) is 50.9 Å². The first-order valence-electron chi connectivity index (χ1n) is 5.39. The summed E-state index contributed by atoms with van der Waals surface area (Å²) in [5.74, 6) is 0. The van der Waals surface area contributed by atoms with Crippen molar-refractivity contribution in [2.75, 3.05) is 0 Å². The lowest BCUT2D eigenvalue weighted by atomic mass is 10.1. The zero-order chi connectivity index (χ0) is 12.6. The molecule has 0 aliphatic heterocycles. The SMILES string of the molecule is Cc1ccc(-n2[nH]c(C)c(C=O)c2=O)c(C)c1. The number of aldehydes is 1. The zero-order valence-corrected chi connectivity index (χ0v) is 10.1. The van der Waals surface area contributed by atoms with Gasteiger partial charge in [0.25, 0.3) is 5.56 Å². The highest BCUT2D eigenvalue weighted by atomic mass is 16.1. The number of nitrogens with zero attached hydrogens (tertiary/aromatic N) is 1. The molecule has 1 aromatic carbocycles. The zero-order valence-electron chi connectivity index (χ0n) is 10.1. The Morgan fingerprint density at radius 3 is 2.47 bits per heavy atom. The van der Waals surface area contributed by atoms with Gasteiger partial charge in [0, 0.05) is 5.69 Å². The van der Waals surface area contributed by atoms with E-state index in [1.807, 2.05) is 32.0 Å². The molecule has 0 aliphatic rings. The predicted molar refractivity (Wildman–Crippen MR) is 66.0 cm³/mol. The van der Waals surface area contributed by atoms with Gasteiger partial charge in [0.05, 0.1) is 5.69 Å². The first-order valence-corrected chi connectivity index (χ1v) is 5.39. The molecule has 0 radical (unpaired) electrons. The van der Waals surface area contributed by atoms with Crippen LogP contribution >= 0.6 is 0 Å². The van der Waals surface area contributed by atoms with Gasteiger partial charge < -0.3 is 0 Å². The fraction of sp³-hybridized carbons (Fsp3) is 0.231. The third kappa shape index (κ3) is 1.82. The largest absolute Gasteiger partial charge is 0.298 e. The Balaban J connectivity index is 2.69. The van der Waals surface area contributed by atoms with Crippen LogP contribution in [-0.4, -0.2) is 16.1 Å². The summed E-state index contributed by atoms with van der Waals surface area (Å²) in [5, 5.41) is 2.91. The molecular weight excluding hydrogens is 216 g/mol. The van der Waals surface area contributed by atoms with E-state index < -0.39 is 0 Å². The molecule has 1 aromatic heterocycles. The van der Waals surface area contributed by atoms with E-state index >= 15 is 0 Å². The molecule has 1 heterocycles. The number of hydrogen-bond donors (Lipinski definition) is 1. The van der Waals surface area contributed by atoms with Crippen molar-refractivity contribution >= 4 is 6.29 Å². The smallest absolute Gasteiger partial charge is 0.282 e. The van der Waals surface area contributed by atoms with Gasteiger partial charge in [-0.2, -0.15) is 0 Å². The first kappa shape index (κ1) is 11.4. The fourth-order valence-corrected chi connectivity index (χ4v) is 1.92. The van der Waals surface area contributed by atoms with Crippen molar-refractivity contribution in [1.82, 2.24) is 9.78 Å². The van der Waals surface area contributed by atoms with Crippen LogP contribution < -0.4 is 5.56 Å². The van der Waals surface area contributed by atoms with E-state index in [1.54, 1.807) is 6.92 Å². The maximum atomic E-state index is 12.0. The summed E-state index contributed by atoms with van der Waals surface area (Å²) in [6.07, 6.45) is 0.591. The van der Waals surface area contributed by atoms with Crippen LogP contribution in [0.25, 0.3) is 5.69 Å². The van der Waals surface area contributed by atoms with Crippen LogP contribution in [0.1, 0.15) is 27.2 Å². The molecule has 0 saturated carbocycles. The molecule has 0 spiro atoms. The van der Waals surface area contributed by atoms with E-state index in [9.17, 15) is 9.59 Å². The topological polar surface area (TPSA) is 54.9 Å². The Kier molecular flexibility index (Phi) is 2.71. The number of hydrogen-bond acceptors (Lipinski definition) is 2. The monoisotopic (exact) mass is 230 g/mol. The number of nitrogens with one attached hydrogen (secondary N) is 1. The number of carbonyl (C=O) groups excluding carboxylic acids is 1. The Morgan fingerprint density at radius 1 is 1.24 bits per heavy atom. The highest BCUT2D eigenvalue weighted by Gasteiger charge is 2.12. The quantitative estimate of drug-likeness (QED) is 0.801. The standard InChI is InChI=1S/C13H14N2O2/c1-8-4-5-12(9(2)6-8)15-13(17)11(7-16)10(3)14-15/h4-7,14H,1-3H3. The number of aryl methyl sites for hydroxylation is 3. The van der Waals surface area contributed by atoms with Gasteiger partial charge in [-0.1, -0.05) is 17.7 Å². The van der Waals surface area contributed by atoms with Crippen LogP contribution in [0.3, 0.4) is 0 Å². The lowest BCUT2D eigenvalue weighted by Crippen LogP contribution is -2.18. The maximum Gasteiger partial charge on any atom is 0.282 e. The Bertz CT molecular complexity index is 635. The van der Waals surface area contributed by atoms with Crippen LogP contribution in [0.5, 0.6) is 0 Å². The number of benzene rings is 1. The van der Waals surface area contributed by atoms with Crippen molar-refractivity contribution in [2.45, 2.75) is 20.8 Å². The van der Waals surface area contributed by atoms with Gasteiger partial charge in [0.2, 0.25) is 0 Å². The van der Waals surface area contributed by atoms with Gasteiger partial charge in [-0.05, 0) is 32.4 Å². The molecule has 1 N–H and O–H groups in total. The molecule has 2 aromatic rings. The van der Waals surface area contributed by atoms with E-state index in [4.69, 9.17) is 0 Å². The summed E-state index contributed by atoms with van der Waals surface area (Å²) in [7, 11) is 0. The maximum absolute atomic E-state index is 12.0. The second-order valence-electron chi connectivity index (χ2n) is 4.20. The van der Waals surface area contributed by atoms with Gasteiger partial charge in [-0.25, -0.2) is 4.68 Å². The van der Waals surface area contributed by atoms with Crippen LogP contribution in [0.4, 0.5) is 0 Å². The van der Waals surface area contributed by atoms with E-state index in [-0.39, 0.29) is 11.1 Å². The van der Waals surface area contributed by atoms with Gasteiger partial charge in [0.15, 0.2) is 6.29 Å². The molecule has 0 fully saturated rings. The summed E-state index contributed by atoms with van der Waals surface area (Å²) in [4.78, 5) is 22.8. The summed E-state index contributed by atoms with van der Waals surface area (Å²) in [6.45, 7) is 5.65. The fourth-order valence-electron chi connectivity index (χ4n) is 1.92. The van der Waals surface area contributed by atoms with E-state index in [0.29, 0.717) is 12.0 Å². The first-order chi connectivity index (χ1) is 8.04. The second-order valence-corrected chi connectivity index (χ2v) is 4.20. The van der Waals surface area contributed by atoms with Crippen molar-refractivity contribution in [3.8, 4) is 5.69 Å². The minimum absolute atomic E-state index is 0.185. The van der Waals surface area contributed by atoms with Crippen molar-refractivity contribution in [2.24, 2.45) is 0 Å². The Labute approximate surface area is 98.9 Å². The third-order valence-electron chi connectivity index (χ3n) is 2.83. The Hall–Kier alpha value is -2.10. The average molecular weight is 230 g/mol. The van der Waals surface area contributed by atoms with Crippen molar-refractivity contribution < 1.29 is 4.79 Å². The number of H-pyrrole nitrogens is 1. The minimum Gasteiger partial charge on any atom is -0.298 e. The van der Waals surface area contributed by atoms with Crippen LogP contribution in [0.15, 0.2) is 23.0 Å². The molecule has 4 nitrogen and oxygen atoms in total. The van der Waals surface area contributed by atoms with Crippen LogP contribution in [0, 0.1) is 20.8 Å². The third-order valence-corrected chi connectivity index (χ3v) is 2.83. The number of aromatic nitrogens is 2. The van der Waals surface area contributed by atoms with E-state index in [1.165, 1.54) is 4.68 Å². The van der Waals surface area contributed by atoms with Gasteiger partial charge in [0.1, 0.15) is 5.56 Å². The van der Waals surface area contributed by atoms with Gasteiger partial charge in [-0.15, -0.1) is 0 Å². The molecule has 0 unspecified atom stereocenters. The summed E-state index contributed by atoms with van der Waals surface area (Å²) >= 11 is 0. The van der Waals surface area contributed by atoms with Crippen molar-refractivity contribution in [3.63, 3.8) is 0 Å². The summed E-state index contributed by atoms with van der Waals surface area (Å²) in [5.41, 5.74) is 3.38. The molecule has 17 heavy (non-hydrogen) atoms.